The molecule has 5 nitrogen and oxygen atoms in total. The molecule has 5 heteroatoms. The molecule has 2 aromatic carbocycles. The Kier molecular flexibility index (Phi) is 6.60. The molecule has 0 saturated carbocycles. The zero-order valence-electron chi connectivity index (χ0n) is 15.7. The van der Waals surface area contributed by atoms with E-state index in [0.717, 1.165) is 18.4 Å². The fourth-order valence-corrected chi connectivity index (χ4v) is 3.18. The van der Waals surface area contributed by atoms with Gasteiger partial charge in [0.25, 0.3) is 0 Å². The van der Waals surface area contributed by atoms with Crippen molar-refractivity contribution < 1.29 is 14.3 Å². The molecule has 0 aromatic heterocycles. The van der Waals surface area contributed by atoms with Crippen LogP contribution in [0.15, 0.2) is 54.6 Å². The number of hydrogen-bond donors (Lipinski definition) is 1. The van der Waals surface area contributed by atoms with Crippen LogP contribution in [0.1, 0.15) is 23.1 Å². The molecule has 0 spiro atoms. The Morgan fingerprint density at radius 1 is 1.11 bits per heavy atom. The first-order valence-corrected chi connectivity index (χ1v) is 9.38. The summed E-state index contributed by atoms with van der Waals surface area (Å²) in [5, 5.41) is 2.96. The van der Waals surface area contributed by atoms with Crippen LogP contribution in [0, 0.1) is 6.92 Å². The summed E-state index contributed by atoms with van der Waals surface area (Å²) in [5.74, 6) is -0.297. The summed E-state index contributed by atoms with van der Waals surface area (Å²) in [4.78, 5) is 26.6. The molecule has 0 aliphatic carbocycles. The number of nitrogens with one attached hydrogen (secondary N) is 1. The molecular formula is C22H26N2O3. The number of rotatable bonds is 7. The minimum Gasteiger partial charge on any atom is -0.369 e. The van der Waals surface area contributed by atoms with E-state index in [9.17, 15) is 9.59 Å². The average molecular weight is 366 g/mol. The van der Waals surface area contributed by atoms with Crippen molar-refractivity contribution in [2.75, 3.05) is 19.8 Å². The van der Waals surface area contributed by atoms with E-state index in [4.69, 9.17) is 4.74 Å². The monoisotopic (exact) mass is 366 g/mol. The standard InChI is InChI=1S/C22H26N2O3/c1-17-9-11-19(12-10-17)14-24-20(15-27-16-21(24)25)22(26)23-13-5-8-18-6-3-2-4-7-18/h2-4,6-7,9-12,20H,5,8,13-16H2,1H3,(H,23,26)/t20-/m0/s1. The van der Waals surface area contributed by atoms with E-state index in [1.807, 2.05) is 49.4 Å². The molecular weight excluding hydrogens is 340 g/mol. The maximum atomic E-state index is 12.6. The third kappa shape index (κ3) is 5.41. The maximum absolute atomic E-state index is 12.6. The number of morpholine rings is 1. The van der Waals surface area contributed by atoms with Gasteiger partial charge in [-0.05, 0) is 30.9 Å². The summed E-state index contributed by atoms with van der Waals surface area (Å²) < 4.78 is 5.33. The van der Waals surface area contributed by atoms with Gasteiger partial charge in [-0.25, -0.2) is 0 Å². The molecule has 1 fully saturated rings. The number of hydrogen-bond acceptors (Lipinski definition) is 3. The highest BCUT2D eigenvalue weighted by Crippen LogP contribution is 2.14. The van der Waals surface area contributed by atoms with Gasteiger partial charge in [-0.15, -0.1) is 0 Å². The predicted molar refractivity (Wildman–Crippen MR) is 104 cm³/mol. The molecule has 3 rings (SSSR count). The SMILES string of the molecule is Cc1ccc(CN2C(=O)COC[C@H]2C(=O)NCCCc2ccccc2)cc1. The van der Waals surface area contributed by atoms with Crippen molar-refractivity contribution in [2.24, 2.45) is 0 Å². The van der Waals surface area contributed by atoms with E-state index >= 15 is 0 Å². The van der Waals surface area contributed by atoms with Gasteiger partial charge in [0.15, 0.2) is 0 Å². The van der Waals surface area contributed by atoms with E-state index in [2.05, 4.69) is 17.4 Å². The van der Waals surface area contributed by atoms with Gasteiger partial charge >= 0.3 is 0 Å². The fraction of sp³-hybridized carbons (Fsp3) is 0.364. The molecule has 1 atom stereocenters. The molecule has 2 aromatic rings. The van der Waals surface area contributed by atoms with E-state index in [-0.39, 0.29) is 25.0 Å². The molecule has 2 amide bonds. The molecule has 0 unspecified atom stereocenters. The molecule has 1 aliphatic rings. The number of amides is 2. The molecule has 27 heavy (non-hydrogen) atoms. The lowest BCUT2D eigenvalue weighted by molar-refractivity contribution is -0.155. The fourth-order valence-electron chi connectivity index (χ4n) is 3.18. The van der Waals surface area contributed by atoms with Gasteiger partial charge in [0, 0.05) is 13.1 Å². The van der Waals surface area contributed by atoms with Crippen molar-refractivity contribution in [3.05, 3.63) is 71.3 Å². The van der Waals surface area contributed by atoms with Crippen molar-refractivity contribution in [3.8, 4) is 0 Å². The number of carbonyl (C=O) groups excluding carboxylic acids is 2. The van der Waals surface area contributed by atoms with Crippen molar-refractivity contribution >= 4 is 11.8 Å². The molecule has 0 radical (unpaired) electrons. The molecule has 1 saturated heterocycles. The smallest absolute Gasteiger partial charge is 0.249 e. The Bertz CT molecular complexity index is 759. The molecule has 1 aliphatic heterocycles. The van der Waals surface area contributed by atoms with Crippen LogP contribution < -0.4 is 5.32 Å². The second kappa shape index (κ2) is 9.33. The lowest BCUT2D eigenvalue weighted by Crippen LogP contribution is -2.56. The van der Waals surface area contributed by atoms with Gasteiger partial charge in [0.2, 0.25) is 11.8 Å². The second-order valence-electron chi connectivity index (χ2n) is 6.92. The quantitative estimate of drug-likeness (QED) is 0.766. The number of ether oxygens (including phenoxy) is 1. The third-order valence-electron chi connectivity index (χ3n) is 4.76. The molecule has 1 heterocycles. The van der Waals surface area contributed by atoms with Gasteiger partial charge in [-0.3, -0.25) is 9.59 Å². The first-order valence-electron chi connectivity index (χ1n) is 9.38. The molecule has 142 valence electrons. The van der Waals surface area contributed by atoms with E-state index < -0.39 is 6.04 Å². The molecule has 1 N–H and O–H groups in total. The van der Waals surface area contributed by atoms with E-state index in [0.29, 0.717) is 13.1 Å². The summed E-state index contributed by atoms with van der Waals surface area (Å²) in [6.45, 7) is 3.29. The Balaban J connectivity index is 1.54. The summed E-state index contributed by atoms with van der Waals surface area (Å²) in [5.41, 5.74) is 3.43. The van der Waals surface area contributed by atoms with Crippen molar-refractivity contribution in [3.63, 3.8) is 0 Å². The van der Waals surface area contributed by atoms with Crippen LogP contribution in [0.2, 0.25) is 0 Å². The van der Waals surface area contributed by atoms with Crippen LogP contribution in [0.4, 0.5) is 0 Å². The highest BCUT2D eigenvalue weighted by atomic mass is 16.5. The van der Waals surface area contributed by atoms with Crippen molar-refractivity contribution in [1.82, 2.24) is 10.2 Å². The Hall–Kier alpha value is -2.66. The normalized spacial score (nSPS) is 17.0. The minimum atomic E-state index is -0.579. The lowest BCUT2D eigenvalue weighted by Gasteiger charge is -2.34. The van der Waals surface area contributed by atoms with Gasteiger partial charge in [0.1, 0.15) is 12.6 Å². The maximum Gasteiger partial charge on any atom is 0.249 e. The number of carbonyl (C=O) groups is 2. The zero-order chi connectivity index (χ0) is 19.1. The van der Waals surface area contributed by atoms with Crippen LogP contribution in [0.3, 0.4) is 0 Å². The Morgan fingerprint density at radius 3 is 2.59 bits per heavy atom. The minimum absolute atomic E-state index is 0.0314. The Labute approximate surface area is 160 Å². The van der Waals surface area contributed by atoms with Gasteiger partial charge in [-0.2, -0.15) is 0 Å². The van der Waals surface area contributed by atoms with E-state index in [1.165, 1.54) is 11.1 Å². The summed E-state index contributed by atoms with van der Waals surface area (Å²) in [6, 6.07) is 17.6. The number of aryl methyl sites for hydroxylation is 2. The van der Waals surface area contributed by atoms with Crippen LogP contribution in [0.5, 0.6) is 0 Å². The largest absolute Gasteiger partial charge is 0.369 e. The lowest BCUT2D eigenvalue weighted by atomic mass is 10.1. The topological polar surface area (TPSA) is 58.6 Å². The highest BCUT2D eigenvalue weighted by Gasteiger charge is 2.33. The number of benzene rings is 2. The predicted octanol–water partition coefficient (Wildman–Crippen LogP) is 2.47. The van der Waals surface area contributed by atoms with Gasteiger partial charge in [0.05, 0.1) is 6.61 Å². The van der Waals surface area contributed by atoms with Gasteiger partial charge < -0.3 is 15.0 Å². The highest BCUT2D eigenvalue weighted by molar-refractivity contribution is 5.89. The van der Waals surface area contributed by atoms with Crippen LogP contribution >= 0.6 is 0 Å². The summed E-state index contributed by atoms with van der Waals surface area (Å²) in [7, 11) is 0. The summed E-state index contributed by atoms with van der Waals surface area (Å²) >= 11 is 0. The van der Waals surface area contributed by atoms with Crippen LogP contribution in [-0.4, -0.2) is 42.5 Å². The van der Waals surface area contributed by atoms with Gasteiger partial charge in [-0.1, -0.05) is 60.2 Å². The van der Waals surface area contributed by atoms with Crippen molar-refractivity contribution in [2.45, 2.75) is 32.4 Å². The first-order chi connectivity index (χ1) is 13.1. The van der Waals surface area contributed by atoms with Crippen LogP contribution in [0.25, 0.3) is 0 Å². The first kappa shape index (κ1) is 19.1. The van der Waals surface area contributed by atoms with E-state index in [1.54, 1.807) is 4.90 Å². The Morgan fingerprint density at radius 2 is 1.85 bits per heavy atom. The summed E-state index contributed by atoms with van der Waals surface area (Å²) in [6.07, 6.45) is 1.77. The van der Waals surface area contributed by atoms with Crippen LogP contribution in [-0.2, 0) is 27.3 Å². The third-order valence-corrected chi connectivity index (χ3v) is 4.76. The number of nitrogens with zero attached hydrogens (tertiary/aromatic N) is 1. The van der Waals surface area contributed by atoms with Crippen molar-refractivity contribution in [1.29, 1.82) is 0 Å². The molecule has 0 bridgehead atoms. The second-order valence-corrected chi connectivity index (χ2v) is 6.92. The average Bonchev–Trinajstić information content (AvgIpc) is 2.69. The zero-order valence-corrected chi connectivity index (χ0v) is 15.7.